The van der Waals surface area contributed by atoms with Crippen LogP contribution in [0, 0.1) is 0 Å². The van der Waals surface area contributed by atoms with Gasteiger partial charge in [-0.1, -0.05) is 24.9 Å². The molecule has 1 aliphatic rings. The van der Waals surface area contributed by atoms with E-state index in [4.69, 9.17) is 14.4 Å². The second kappa shape index (κ2) is 14.0. The van der Waals surface area contributed by atoms with Crippen molar-refractivity contribution >= 4 is 12.5 Å². The number of carbonyl (C=O) groups excluding carboxylic acids is 1. The van der Waals surface area contributed by atoms with Crippen LogP contribution in [0.2, 0.25) is 0 Å². The molecule has 1 aliphatic heterocycles. The first-order valence-corrected chi connectivity index (χ1v) is 9.71. The molecule has 154 valence electrons. The zero-order valence-electron chi connectivity index (χ0n) is 16.5. The van der Waals surface area contributed by atoms with E-state index in [1.165, 1.54) is 38.8 Å². The van der Waals surface area contributed by atoms with Crippen LogP contribution in [0.25, 0.3) is 0 Å². The number of nitrogens with zero attached hydrogens (tertiary/aromatic N) is 4. The molecule has 1 aromatic rings. The number of aromatic nitrogens is 2. The smallest absolute Gasteiger partial charge is 0.317 e. The van der Waals surface area contributed by atoms with Gasteiger partial charge in [0.1, 0.15) is 0 Å². The lowest BCUT2D eigenvalue weighted by Gasteiger charge is -2.22. The number of hydrogen-bond donors (Lipinski definition) is 2. The average Bonchev–Trinajstić information content (AvgIpc) is 2.96. The maximum absolute atomic E-state index is 12.1. The highest BCUT2D eigenvalue weighted by molar-refractivity contribution is 5.73. The van der Waals surface area contributed by atoms with E-state index in [0.29, 0.717) is 24.7 Å². The standard InChI is InChI=1S/C17H31N5O2.CH2O2/c1-3-15-19-16(24-20-15)9-10-18-17(23)21(2)11-8-14-22-12-6-4-5-7-13-22;2-1-3/h3-14H2,1-2H3,(H,18,23);1H,(H,2,3). The number of nitrogens with one attached hydrogen (secondary N) is 1. The topological polar surface area (TPSA) is 112 Å². The van der Waals surface area contributed by atoms with Gasteiger partial charge in [0.2, 0.25) is 5.89 Å². The van der Waals surface area contributed by atoms with Crippen molar-refractivity contribution in [2.45, 2.75) is 51.9 Å². The molecule has 9 nitrogen and oxygen atoms in total. The molecule has 1 aromatic heterocycles. The molecule has 2 heterocycles. The van der Waals surface area contributed by atoms with Gasteiger partial charge in [0.25, 0.3) is 6.47 Å². The van der Waals surface area contributed by atoms with Crippen LogP contribution in [0.5, 0.6) is 0 Å². The van der Waals surface area contributed by atoms with Crippen LogP contribution < -0.4 is 5.32 Å². The number of carboxylic acid groups (broad SMARTS) is 1. The van der Waals surface area contributed by atoms with Gasteiger partial charge in [-0.3, -0.25) is 4.79 Å². The van der Waals surface area contributed by atoms with Gasteiger partial charge in [0.15, 0.2) is 5.82 Å². The summed E-state index contributed by atoms with van der Waals surface area (Å²) in [6.07, 6.45) is 7.69. The van der Waals surface area contributed by atoms with Crippen molar-refractivity contribution in [1.29, 1.82) is 0 Å². The summed E-state index contributed by atoms with van der Waals surface area (Å²) in [5.74, 6) is 1.29. The van der Waals surface area contributed by atoms with E-state index in [0.717, 1.165) is 25.9 Å². The molecule has 0 radical (unpaired) electrons. The van der Waals surface area contributed by atoms with Gasteiger partial charge in [-0.2, -0.15) is 4.98 Å². The Morgan fingerprint density at radius 3 is 2.59 bits per heavy atom. The van der Waals surface area contributed by atoms with Crippen molar-refractivity contribution in [1.82, 2.24) is 25.3 Å². The molecule has 0 aromatic carbocycles. The average molecular weight is 383 g/mol. The summed E-state index contributed by atoms with van der Waals surface area (Å²) in [6.45, 7) is 6.53. The van der Waals surface area contributed by atoms with Crippen molar-refractivity contribution in [2.75, 3.05) is 39.8 Å². The lowest BCUT2D eigenvalue weighted by molar-refractivity contribution is -0.122. The summed E-state index contributed by atoms with van der Waals surface area (Å²) in [6, 6.07) is -0.0407. The first kappa shape index (κ1) is 22.9. The van der Waals surface area contributed by atoms with E-state index in [9.17, 15) is 4.79 Å². The molecule has 2 rings (SSSR count). The number of urea groups is 1. The minimum Gasteiger partial charge on any atom is -0.483 e. The molecule has 0 bridgehead atoms. The maximum Gasteiger partial charge on any atom is 0.317 e. The molecule has 1 saturated heterocycles. The Morgan fingerprint density at radius 2 is 2.00 bits per heavy atom. The van der Waals surface area contributed by atoms with Crippen LogP contribution in [0.3, 0.4) is 0 Å². The van der Waals surface area contributed by atoms with Crippen LogP contribution in [0.1, 0.15) is 50.7 Å². The summed E-state index contributed by atoms with van der Waals surface area (Å²) in [5.41, 5.74) is 0. The Balaban J connectivity index is 0.00000114. The van der Waals surface area contributed by atoms with Crippen molar-refractivity contribution in [2.24, 2.45) is 0 Å². The fourth-order valence-electron chi connectivity index (χ4n) is 2.94. The first-order chi connectivity index (χ1) is 13.1. The predicted molar refractivity (Wildman–Crippen MR) is 102 cm³/mol. The second-order valence-corrected chi connectivity index (χ2v) is 6.58. The highest BCUT2D eigenvalue weighted by Gasteiger charge is 2.12. The molecule has 0 aliphatic carbocycles. The molecule has 0 spiro atoms. The second-order valence-electron chi connectivity index (χ2n) is 6.58. The number of likely N-dealkylation sites (tertiary alicyclic amines) is 1. The fraction of sp³-hybridized carbons (Fsp3) is 0.778. The third-order valence-electron chi connectivity index (χ3n) is 4.45. The van der Waals surface area contributed by atoms with E-state index in [2.05, 4.69) is 20.4 Å². The van der Waals surface area contributed by atoms with Crippen LogP contribution in [-0.2, 0) is 17.6 Å². The molecular weight excluding hydrogens is 350 g/mol. The van der Waals surface area contributed by atoms with Crippen LogP contribution in [0.15, 0.2) is 4.52 Å². The fourth-order valence-corrected chi connectivity index (χ4v) is 2.94. The summed E-state index contributed by atoms with van der Waals surface area (Å²) in [4.78, 5) is 28.9. The first-order valence-electron chi connectivity index (χ1n) is 9.71. The van der Waals surface area contributed by atoms with E-state index in [1.54, 1.807) is 4.90 Å². The minimum absolute atomic E-state index is 0.0407. The van der Waals surface area contributed by atoms with E-state index < -0.39 is 0 Å². The molecule has 0 unspecified atom stereocenters. The number of rotatable bonds is 8. The Labute approximate surface area is 161 Å². The minimum atomic E-state index is -0.250. The van der Waals surface area contributed by atoms with Gasteiger partial charge in [0, 0.05) is 33.0 Å². The molecule has 9 heteroatoms. The van der Waals surface area contributed by atoms with Crippen molar-refractivity contribution < 1.29 is 19.2 Å². The maximum atomic E-state index is 12.1. The van der Waals surface area contributed by atoms with Gasteiger partial charge in [0.05, 0.1) is 0 Å². The SMILES string of the molecule is CCc1noc(CCNC(=O)N(C)CCCN2CCCCCC2)n1.O=CO. The van der Waals surface area contributed by atoms with Gasteiger partial charge < -0.3 is 24.7 Å². The Kier molecular flexibility index (Phi) is 11.8. The predicted octanol–water partition coefficient (Wildman–Crippen LogP) is 1.78. The third kappa shape index (κ3) is 9.93. The Bertz CT molecular complexity index is 530. The number of amides is 2. The zero-order valence-corrected chi connectivity index (χ0v) is 16.5. The summed E-state index contributed by atoms with van der Waals surface area (Å²) in [5, 5.41) is 13.6. The highest BCUT2D eigenvalue weighted by atomic mass is 16.5. The summed E-state index contributed by atoms with van der Waals surface area (Å²) in [7, 11) is 1.85. The molecule has 1 fully saturated rings. The summed E-state index contributed by atoms with van der Waals surface area (Å²) < 4.78 is 5.11. The Hall–Kier alpha value is -2.16. The lowest BCUT2D eigenvalue weighted by atomic mass is 10.2. The molecule has 27 heavy (non-hydrogen) atoms. The van der Waals surface area contributed by atoms with Crippen LogP contribution in [0.4, 0.5) is 4.79 Å². The molecule has 2 N–H and O–H groups in total. The van der Waals surface area contributed by atoms with E-state index >= 15 is 0 Å². The highest BCUT2D eigenvalue weighted by Crippen LogP contribution is 2.09. The quantitative estimate of drug-likeness (QED) is 0.658. The van der Waals surface area contributed by atoms with Gasteiger partial charge >= 0.3 is 6.03 Å². The number of hydrogen-bond acceptors (Lipinski definition) is 6. The number of carbonyl (C=O) groups is 2. The molecule has 0 saturated carbocycles. The summed E-state index contributed by atoms with van der Waals surface area (Å²) >= 11 is 0. The largest absolute Gasteiger partial charge is 0.483 e. The lowest BCUT2D eigenvalue weighted by Crippen LogP contribution is -2.39. The van der Waals surface area contributed by atoms with Gasteiger partial charge in [-0.05, 0) is 38.9 Å². The van der Waals surface area contributed by atoms with Gasteiger partial charge in [-0.15, -0.1) is 0 Å². The van der Waals surface area contributed by atoms with Crippen molar-refractivity contribution in [3.8, 4) is 0 Å². The van der Waals surface area contributed by atoms with Gasteiger partial charge in [-0.25, -0.2) is 4.79 Å². The van der Waals surface area contributed by atoms with Crippen molar-refractivity contribution in [3.05, 3.63) is 11.7 Å². The Morgan fingerprint density at radius 1 is 1.33 bits per heavy atom. The normalized spacial score (nSPS) is 14.6. The van der Waals surface area contributed by atoms with E-state index in [-0.39, 0.29) is 12.5 Å². The van der Waals surface area contributed by atoms with E-state index in [1.807, 2.05) is 14.0 Å². The third-order valence-corrected chi connectivity index (χ3v) is 4.45. The molecule has 0 atom stereocenters. The monoisotopic (exact) mass is 383 g/mol. The zero-order chi connectivity index (χ0) is 19.9. The van der Waals surface area contributed by atoms with Crippen molar-refractivity contribution in [3.63, 3.8) is 0 Å². The van der Waals surface area contributed by atoms with Crippen LogP contribution >= 0.6 is 0 Å². The van der Waals surface area contributed by atoms with Crippen LogP contribution in [-0.4, -0.2) is 77.3 Å². The number of aryl methyl sites for hydroxylation is 1. The molecular formula is C18H33N5O4. The molecule has 2 amide bonds.